The van der Waals surface area contributed by atoms with Crippen LogP contribution in [-0.4, -0.2) is 36.1 Å². The van der Waals surface area contributed by atoms with E-state index < -0.39 is 0 Å². The second-order valence-electron chi connectivity index (χ2n) is 5.22. The topological polar surface area (TPSA) is 15.3 Å². The average Bonchev–Trinajstić information content (AvgIpc) is 3.10. The summed E-state index contributed by atoms with van der Waals surface area (Å²) in [5, 5.41) is 3.81. The summed E-state index contributed by atoms with van der Waals surface area (Å²) in [7, 11) is 0. The molecule has 1 heterocycles. The smallest absolute Gasteiger partial charge is 0.00964 e. The lowest BCUT2D eigenvalue weighted by molar-refractivity contribution is 0.181. The van der Waals surface area contributed by atoms with Crippen LogP contribution in [0.25, 0.3) is 0 Å². The van der Waals surface area contributed by atoms with Gasteiger partial charge in [-0.25, -0.2) is 0 Å². The second-order valence-corrected chi connectivity index (χ2v) is 5.22. The van der Waals surface area contributed by atoms with E-state index in [0.29, 0.717) is 0 Å². The molecule has 0 radical (unpaired) electrons. The summed E-state index contributed by atoms with van der Waals surface area (Å²) in [5.74, 6) is 0. The van der Waals surface area contributed by atoms with Crippen molar-refractivity contribution in [3.63, 3.8) is 0 Å². The minimum Gasteiger partial charge on any atom is -0.311 e. The summed E-state index contributed by atoms with van der Waals surface area (Å²) in [5.41, 5.74) is 0. The van der Waals surface area contributed by atoms with Gasteiger partial charge in [-0.2, -0.15) is 0 Å². The number of likely N-dealkylation sites (tertiary alicyclic amines) is 1. The van der Waals surface area contributed by atoms with Crippen LogP contribution in [0.4, 0.5) is 0 Å². The molecule has 88 valence electrons. The predicted octanol–water partition coefficient (Wildman–Crippen LogP) is 2.39. The normalized spacial score (nSPS) is 25.0. The lowest BCUT2D eigenvalue weighted by atomic mass is 10.0. The number of hydrogen-bond acceptors (Lipinski definition) is 2. The predicted molar refractivity (Wildman–Crippen MR) is 65.1 cm³/mol. The summed E-state index contributed by atoms with van der Waals surface area (Å²) in [4.78, 5) is 2.70. The number of piperidine rings is 1. The van der Waals surface area contributed by atoms with Crippen molar-refractivity contribution in [1.29, 1.82) is 0 Å². The van der Waals surface area contributed by atoms with Crippen LogP contribution < -0.4 is 5.32 Å². The first-order valence-electron chi connectivity index (χ1n) is 6.83. The van der Waals surface area contributed by atoms with Gasteiger partial charge in [-0.1, -0.05) is 13.8 Å². The molecule has 1 N–H and O–H groups in total. The Morgan fingerprint density at radius 2 is 1.67 bits per heavy atom. The van der Waals surface area contributed by atoms with Crippen LogP contribution in [0.3, 0.4) is 0 Å². The molecule has 1 aliphatic heterocycles. The molecular weight excluding hydrogens is 184 g/mol. The number of hydrogen-bond donors (Lipinski definition) is 1. The fraction of sp³-hybridized carbons (Fsp3) is 1.00. The lowest BCUT2D eigenvalue weighted by Gasteiger charge is -2.34. The van der Waals surface area contributed by atoms with E-state index in [-0.39, 0.29) is 0 Å². The molecule has 2 fully saturated rings. The molecule has 15 heavy (non-hydrogen) atoms. The summed E-state index contributed by atoms with van der Waals surface area (Å²) >= 11 is 0. The third-order valence-electron chi connectivity index (χ3n) is 4.05. The Hall–Kier alpha value is -0.0800. The Labute approximate surface area is 94.4 Å². The number of nitrogens with zero attached hydrogens (tertiary/aromatic N) is 1. The molecule has 0 aromatic carbocycles. The maximum absolute atomic E-state index is 3.81. The molecule has 0 aromatic rings. The summed E-state index contributed by atoms with van der Waals surface area (Å²) in [6.07, 6.45) is 8.22. The first-order valence-corrected chi connectivity index (χ1v) is 6.83. The van der Waals surface area contributed by atoms with Gasteiger partial charge in [0.05, 0.1) is 0 Å². The van der Waals surface area contributed by atoms with Crippen LogP contribution >= 0.6 is 0 Å². The van der Waals surface area contributed by atoms with Gasteiger partial charge in [0.15, 0.2) is 0 Å². The maximum Gasteiger partial charge on any atom is 0.00964 e. The molecule has 2 aliphatic rings. The third kappa shape index (κ3) is 3.18. The van der Waals surface area contributed by atoms with Crippen LogP contribution in [0, 0.1) is 0 Å². The zero-order valence-electron chi connectivity index (χ0n) is 10.3. The zero-order chi connectivity index (χ0) is 10.7. The van der Waals surface area contributed by atoms with E-state index in [0.717, 1.165) is 18.1 Å². The van der Waals surface area contributed by atoms with Gasteiger partial charge in [0.1, 0.15) is 0 Å². The maximum atomic E-state index is 3.81. The van der Waals surface area contributed by atoms with Crippen LogP contribution in [-0.2, 0) is 0 Å². The highest BCUT2D eigenvalue weighted by molar-refractivity contribution is 4.89. The van der Waals surface area contributed by atoms with E-state index in [9.17, 15) is 0 Å². The van der Waals surface area contributed by atoms with Gasteiger partial charge in [0.25, 0.3) is 0 Å². The van der Waals surface area contributed by atoms with Crippen molar-refractivity contribution in [3.05, 3.63) is 0 Å². The van der Waals surface area contributed by atoms with E-state index in [1.54, 1.807) is 0 Å². The van der Waals surface area contributed by atoms with E-state index >= 15 is 0 Å². The Bertz CT molecular complexity index is 177. The van der Waals surface area contributed by atoms with Crippen LogP contribution in [0.1, 0.15) is 52.4 Å². The van der Waals surface area contributed by atoms with E-state index in [2.05, 4.69) is 24.1 Å². The average molecular weight is 210 g/mol. The second kappa shape index (κ2) is 5.31. The molecule has 1 saturated heterocycles. The van der Waals surface area contributed by atoms with Crippen molar-refractivity contribution in [2.45, 2.75) is 70.5 Å². The molecule has 1 saturated carbocycles. The lowest BCUT2D eigenvalue weighted by Crippen LogP contribution is -2.46. The SMILES string of the molecule is CCC(CC)NC1CCN(C2CC2)CC1. The molecule has 0 amide bonds. The van der Waals surface area contributed by atoms with Crippen molar-refractivity contribution in [1.82, 2.24) is 10.2 Å². The summed E-state index contributed by atoms with van der Waals surface area (Å²) < 4.78 is 0. The Balaban J connectivity index is 1.68. The molecule has 2 nitrogen and oxygen atoms in total. The zero-order valence-corrected chi connectivity index (χ0v) is 10.3. The molecule has 0 aromatic heterocycles. The van der Waals surface area contributed by atoms with E-state index in [4.69, 9.17) is 0 Å². The first-order chi connectivity index (χ1) is 7.33. The van der Waals surface area contributed by atoms with Crippen molar-refractivity contribution in [2.75, 3.05) is 13.1 Å². The molecule has 0 bridgehead atoms. The minimum atomic E-state index is 0.752. The number of nitrogens with one attached hydrogen (secondary N) is 1. The number of rotatable bonds is 5. The van der Waals surface area contributed by atoms with E-state index in [1.165, 1.54) is 51.6 Å². The molecule has 0 unspecified atom stereocenters. The Kier molecular flexibility index (Phi) is 4.04. The summed E-state index contributed by atoms with van der Waals surface area (Å²) in [6, 6.07) is 2.52. The van der Waals surface area contributed by atoms with Crippen LogP contribution in [0.2, 0.25) is 0 Å². The largest absolute Gasteiger partial charge is 0.311 e. The van der Waals surface area contributed by atoms with Crippen LogP contribution in [0.5, 0.6) is 0 Å². The van der Waals surface area contributed by atoms with Gasteiger partial charge in [-0.15, -0.1) is 0 Å². The fourth-order valence-electron chi connectivity index (χ4n) is 2.73. The first kappa shape index (κ1) is 11.4. The van der Waals surface area contributed by atoms with Crippen molar-refractivity contribution >= 4 is 0 Å². The standard InChI is InChI=1S/C13H26N2/c1-3-11(4-2)14-12-7-9-15(10-8-12)13-5-6-13/h11-14H,3-10H2,1-2H3. The third-order valence-corrected chi connectivity index (χ3v) is 4.05. The van der Waals surface area contributed by atoms with Gasteiger partial charge < -0.3 is 10.2 Å². The minimum absolute atomic E-state index is 0.752. The molecule has 0 atom stereocenters. The van der Waals surface area contributed by atoms with Gasteiger partial charge in [0, 0.05) is 18.1 Å². The highest BCUT2D eigenvalue weighted by Crippen LogP contribution is 2.29. The molecular formula is C13H26N2. The van der Waals surface area contributed by atoms with Gasteiger partial charge in [-0.05, 0) is 51.6 Å². The van der Waals surface area contributed by atoms with Gasteiger partial charge in [-0.3, -0.25) is 0 Å². The molecule has 2 heteroatoms. The molecule has 1 aliphatic carbocycles. The highest BCUT2D eigenvalue weighted by atomic mass is 15.2. The molecule has 0 spiro atoms. The Morgan fingerprint density at radius 1 is 1.07 bits per heavy atom. The quantitative estimate of drug-likeness (QED) is 0.749. The summed E-state index contributed by atoms with van der Waals surface area (Å²) in [6.45, 7) is 7.26. The van der Waals surface area contributed by atoms with Gasteiger partial charge in [0.2, 0.25) is 0 Å². The highest BCUT2D eigenvalue weighted by Gasteiger charge is 2.31. The van der Waals surface area contributed by atoms with Gasteiger partial charge >= 0.3 is 0 Å². The van der Waals surface area contributed by atoms with Crippen molar-refractivity contribution < 1.29 is 0 Å². The van der Waals surface area contributed by atoms with E-state index in [1.807, 2.05) is 0 Å². The fourth-order valence-corrected chi connectivity index (χ4v) is 2.73. The van der Waals surface area contributed by atoms with Crippen LogP contribution in [0.15, 0.2) is 0 Å². The van der Waals surface area contributed by atoms with Crippen molar-refractivity contribution in [3.8, 4) is 0 Å². The molecule has 2 rings (SSSR count). The van der Waals surface area contributed by atoms with Crippen molar-refractivity contribution in [2.24, 2.45) is 0 Å². The Morgan fingerprint density at radius 3 is 2.13 bits per heavy atom. The monoisotopic (exact) mass is 210 g/mol.